The number of rotatable bonds is 1. The van der Waals surface area contributed by atoms with Crippen LogP contribution in [0.5, 0.6) is 0 Å². The van der Waals surface area contributed by atoms with Crippen molar-refractivity contribution < 1.29 is 4.79 Å². The van der Waals surface area contributed by atoms with Crippen LogP contribution in [-0.4, -0.2) is 23.4 Å². The molecule has 1 heterocycles. The molecule has 1 aliphatic heterocycles. The van der Waals surface area contributed by atoms with E-state index < -0.39 is 0 Å². The van der Waals surface area contributed by atoms with Gasteiger partial charge >= 0.3 is 0 Å². The summed E-state index contributed by atoms with van der Waals surface area (Å²) in [4.78, 5) is 12.9. The first-order valence-electron chi connectivity index (χ1n) is 3.84. The zero-order valence-electron chi connectivity index (χ0n) is 6.87. The number of amides is 1. The van der Waals surface area contributed by atoms with E-state index in [2.05, 4.69) is 0 Å². The summed E-state index contributed by atoms with van der Waals surface area (Å²) < 4.78 is 0. The van der Waals surface area contributed by atoms with Gasteiger partial charge in [0.2, 0.25) is 5.91 Å². The highest BCUT2D eigenvalue weighted by Gasteiger charge is 2.33. The summed E-state index contributed by atoms with van der Waals surface area (Å²) in [6, 6.07) is 2.24. The third kappa shape index (κ3) is 1.35. The smallest absolute Gasteiger partial charge is 0.226 e. The van der Waals surface area contributed by atoms with Crippen LogP contribution in [0.1, 0.15) is 20.3 Å². The minimum atomic E-state index is 0.110. The zero-order chi connectivity index (χ0) is 8.43. The molecule has 0 saturated carbocycles. The lowest BCUT2D eigenvalue weighted by Crippen LogP contribution is -2.32. The molecule has 0 N–H and O–H groups in total. The van der Waals surface area contributed by atoms with Crippen LogP contribution in [0.25, 0.3) is 0 Å². The second-order valence-electron chi connectivity index (χ2n) is 3.11. The Morgan fingerprint density at radius 1 is 1.73 bits per heavy atom. The van der Waals surface area contributed by atoms with E-state index in [-0.39, 0.29) is 24.4 Å². The molecule has 1 rings (SSSR count). The summed E-state index contributed by atoms with van der Waals surface area (Å²) in [5.74, 6) is 0.234. The average molecular weight is 152 g/mol. The van der Waals surface area contributed by atoms with Crippen LogP contribution in [0.2, 0.25) is 0 Å². The van der Waals surface area contributed by atoms with Crippen molar-refractivity contribution in [3.8, 4) is 6.07 Å². The molecule has 1 fully saturated rings. The minimum Gasteiger partial charge on any atom is -0.326 e. The Kier molecular flexibility index (Phi) is 2.13. The van der Waals surface area contributed by atoms with Crippen molar-refractivity contribution in [1.29, 1.82) is 5.26 Å². The number of carbonyl (C=O) groups is 1. The lowest BCUT2D eigenvalue weighted by molar-refractivity contribution is -0.130. The monoisotopic (exact) mass is 152 g/mol. The summed E-state index contributed by atoms with van der Waals surface area (Å²) in [5, 5.41) is 8.40. The molecule has 2 unspecified atom stereocenters. The van der Waals surface area contributed by atoms with Crippen LogP contribution in [-0.2, 0) is 4.79 Å². The molecule has 0 spiro atoms. The van der Waals surface area contributed by atoms with Crippen LogP contribution in [0.3, 0.4) is 0 Å². The van der Waals surface area contributed by atoms with Gasteiger partial charge in [0.05, 0.1) is 6.07 Å². The van der Waals surface area contributed by atoms with E-state index in [9.17, 15) is 4.79 Å². The fraction of sp³-hybridized carbons (Fsp3) is 0.750. The Labute approximate surface area is 66.6 Å². The molecule has 60 valence electrons. The van der Waals surface area contributed by atoms with E-state index in [1.54, 1.807) is 4.90 Å². The highest BCUT2D eigenvalue weighted by molar-refractivity contribution is 5.81. The summed E-state index contributed by atoms with van der Waals surface area (Å²) in [7, 11) is 0. The highest BCUT2D eigenvalue weighted by Crippen LogP contribution is 2.22. The largest absolute Gasteiger partial charge is 0.326 e. The lowest BCUT2D eigenvalue weighted by Gasteiger charge is -2.16. The number of carbonyl (C=O) groups excluding carboxylic acids is 1. The molecule has 2 atom stereocenters. The third-order valence-corrected chi connectivity index (χ3v) is 2.17. The molecule has 0 aromatic heterocycles. The van der Waals surface area contributed by atoms with Crippen molar-refractivity contribution in [1.82, 2.24) is 4.90 Å². The summed E-state index contributed by atoms with van der Waals surface area (Å²) in [5.41, 5.74) is 0. The Hall–Kier alpha value is -1.04. The first-order valence-corrected chi connectivity index (χ1v) is 3.84. The topological polar surface area (TPSA) is 44.1 Å². The van der Waals surface area contributed by atoms with Crippen molar-refractivity contribution in [2.24, 2.45) is 5.92 Å². The number of nitrogens with zero attached hydrogens (tertiary/aromatic N) is 2. The summed E-state index contributed by atoms with van der Waals surface area (Å²) in [6.45, 7) is 4.14. The zero-order valence-corrected chi connectivity index (χ0v) is 6.87. The van der Waals surface area contributed by atoms with Gasteiger partial charge in [0, 0.05) is 12.0 Å². The standard InChI is InChI=1S/C8H12N2O/c1-6-5-7(2)10(4-3-9)8(6)11/h6-7H,4-5H2,1-2H3. The van der Waals surface area contributed by atoms with Crippen molar-refractivity contribution in [2.75, 3.05) is 6.54 Å². The molecule has 0 aromatic carbocycles. The van der Waals surface area contributed by atoms with Crippen LogP contribution < -0.4 is 0 Å². The molecule has 0 aliphatic carbocycles. The Bertz CT molecular complexity index is 207. The molecule has 1 amide bonds. The first-order chi connectivity index (χ1) is 5.16. The van der Waals surface area contributed by atoms with Gasteiger partial charge in [0.15, 0.2) is 0 Å². The van der Waals surface area contributed by atoms with Crippen LogP contribution in [0.15, 0.2) is 0 Å². The second kappa shape index (κ2) is 2.91. The predicted octanol–water partition coefficient (Wildman–Crippen LogP) is 0.767. The average Bonchev–Trinajstić information content (AvgIpc) is 2.17. The number of nitriles is 1. The van der Waals surface area contributed by atoms with Gasteiger partial charge in [-0.3, -0.25) is 4.79 Å². The third-order valence-electron chi connectivity index (χ3n) is 2.17. The van der Waals surface area contributed by atoms with Crippen molar-refractivity contribution in [3.63, 3.8) is 0 Å². The number of likely N-dealkylation sites (tertiary alicyclic amines) is 1. The second-order valence-corrected chi connectivity index (χ2v) is 3.11. The summed E-state index contributed by atoms with van der Waals surface area (Å²) >= 11 is 0. The lowest BCUT2D eigenvalue weighted by atomic mass is 10.1. The molecule has 0 radical (unpaired) electrons. The maximum absolute atomic E-state index is 11.3. The molecule has 0 aromatic rings. The minimum absolute atomic E-state index is 0.110. The van der Waals surface area contributed by atoms with Crippen molar-refractivity contribution in [3.05, 3.63) is 0 Å². The quantitative estimate of drug-likeness (QED) is 0.521. The number of hydrogen-bond donors (Lipinski definition) is 0. The van der Waals surface area contributed by atoms with E-state index in [0.29, 0.717) is 0 Å². The molecular formula is C8H12N2O. The van der Waals surface area contributed by atoms with Gasteiger partial charge in [-0.1, -0.05) is 6.92 Å². The normalized spacial score (nSPS) is 30.6. The SMILES string of the molecule is CC1CC(C)N(CC#N)C1=O. The number of hydrogen-bond acceptors (Lipinski definition) is 2. The van der Waals surface area contributed by atoms with Crippen LogP contribution >= 0.6 is 0 Å². The fourth-order valence-electron chi connectivity index (χ4n) is 1.55. The van der Waals surface area contributed by atoms with E-state index >= 15 is 0 Å². The van der Waals surface area contributed by atoms with Gasteiger partial charge in [-0.15, -0.1) is 0 Å². The van der Waals surface area contributed by atoms with Crippen LogP contribution in [0.4, 0.5) is 0 Å². The van der Waals surface area contributed by atoms with Gasteiger partial charge in [-0.05, 0) is 13.3 Å². The van der Waals surface area contributed by atoms with E-state index in [1.807, 2.05) is 19.9 Å². The molecule has 3 heteroatoms. The van der Waals surface area contributed by atoms with Gasteiger partial charge in [-0.25, -0.2) is 0 Å². The Morgan fingerprint density at radius 2 is 2.36 bits per heavy atom. The van der Waals surface area contributed by atoms with Gasteiger partial charge in [0.1, 0.15) is 6.54 Å². The Morgan fingerprint density at radius 3 is 2.73 bits per heavy atom. The maximum Gasteiger partial charge on any atom is 0.226 e. The first kappa shape index (κ1) is 8.06. The van der Waals surface area contributed by atoms with E-state index in [0.717, 1.165) is 6.42 Å². The van der Waals surface area contributed by atoms with E-state index in [1.165, 1.54) is 0 Å². The molecule has 0 bridgehead atoms. The van der Waals surface area contributed by atoms with E-state index in [4.69, 9.17) is 5.26 Å². The molecular weight excluding hydrogens is 140 g/mol. The maximum atomic E-state index is 11.3. The van der Waals surface area contributed by atoms with Crippen LogP contribution in [0, 0.1) is 17.2 Å². The summed E-state index contributed by atoms with van der Waals surface area (Å²) in [6.07, 6.45) is 0.889. The molecule has 1 saturated heterocycles. The molecule has 1 aliphatic rings. The van der Waals surface area contributed by atoms with Crippen molar-refractivity contribution >= 4 is 5.91 Å². The predicted molar refractivity (Wildman–Crippen MR) is 40.6 cm³/mol. The van der Waals surface area contributed by atoms with Gasteiger partial charge in [-0.2, -0.15) is 5.26 Å². The fourth-order valence-corrected chi connectivity index (χ4v) is 1.55. The molecule has 3 nitrogen and oxygen atoms in total. The molecule has 11 heavy (non-hydrogen) atoms. The highest BCUT2D eigenvalue weighted by atomic mass is 16.2. The van der Waals surface area contributed by atoms with Crippen molar-refractivity contribution in [2.45, 2.75) is 26.3 Å². The van der Waals surface area contributed by atoms with Gasteiger partial charge in [0.25, 0.3) is 0 Å². The Balaban J connectivity index is 2.65. The van der Waals surface area contributed by atoms with Gasteiger partial charge < -0.3 is 4.90 Å².